The van der Waals surface area contributed by atoms with E-state index in [1.165, 1.54) is 6.42 Å². The van der Waals surface area contributed by atoms with E-state index in [9.17, 15) is 4.79 Å². The minimum absolute atomic E-state index is 0.164. The molecule has 0 aliphatic heterocycles. The van der Waals surface area contributed by atoms with Gasteiger partial charge in [-0.2, -0.15) is 0 Å². The Kier molecular flexibility index (Phi) is 3.94. The molecule has 3 atom stereocenters. The first-order valence-electron chi connectivity index (χ1n) is 9.01. The van der Waals surface area contributed by atoms with Crippen molar-refractivity contribution in [3.63, 3.8) is 0 Å². The molecule has 1 aromatic carbocycles. The first kappa shape index (κ1) is 16.5. The van der Waals surface area contributed by atoms with Crippen LogP contribution in [-0.2, 0) is 11.3 Å². The van der Waals surface area contributed by atoms with Gasteiger partial charge in [0.1, 0.15) is 5.76 Å². The number of furan rings is 1. The number of carbonyl (C=O) groups is 1. The van der Waals surface area contributed by atoms with Crippen LogP contribution in [-0.4, -0.2) is 15.7 Å². The molecule has 2 aliphatic rings. The minimum Gasteiger partial charge on any atom is -0.457 e. The maximum atomic E-state index is 12.8. The van der Waals surface area contributed by atoms with Crippen LogP contribution in [0.2, 0.25) is 0 Å². The van der Waals surface area contributed by atoms with Gasteiger partial charge in [-0.15, -0.1) is 11.3 Å². The molecule has 3 aromatic rings. The zero-order valence-corrected chi connectivity index (χ0v) is 16.6. The number of alkyl halides is 1. The maximum Gasteiger partial charge on any atom is 0.227 e. The van der Waals surface area contributed by atoms with Gasteiger partial charge in [0.25, 0.3) is 0 Å². The molecular formula is C20H19BrN2O2S. The number of amides is 1. The van der Waals surface area contributed by atoms with Gasteiger partial charge in [0.15, 0.2) is 10.8 Å². The Labute approximate surface area is 164 Å². The summed E-state index contributed by atoms with van der Waals surface area (Å²) in [5.74, 6) is 2.40. The number of nitrogens with one attached hydrogen (secondary N) is 1. The van der Waals surface area contributed by atoms with Crippen molar-refractivity contribution in [2.45, 2.75) is 37.1 Å². The van der Waals surface area contributed by atoms with Crippen LogP contribution in [0.5, 0.6) is 0 Å². The largest absolute Gasteiger partial charge is 0.457 e. The fourth-order valence-electron chi connectivity index (χ4n) is 4.44. The van der Waals surface area contributed by atoms with Gasteiger partial charge in [-0.1, -0.05) is 28.1 Å². The number of fused-ring (bicyclic) bond motifs is 3. The number of hydrogen-bond donors (Lipinski definition) is 1. The molecule has 2 saturated carbocycles. The third kappa shape index (κ3) is 2.62. The third-order valence-electron chi connectivity index (χ3n) is 5.83. The zero-order valence-electron chi connectivity index (χ0n) is 14.2. The number of carbonyl (C=O) groups excluding carboxylic acids is 1. The molecule has 0 spiro atoms. The molecule has 0 saturated heterocycles. The average Bonchev–Trinajstić information content (AvgIpc) is 3.40. The highest BCUT2D eigenvalue weighted by Crippen LogP contribution is 2.57. The Morgan fingerprint density at radius 2 is 2.23 bits per heavy atom. The fraction of sp³-hybridized carbons (Fsp3) is 0.400. The van der Waals surface area contributed by atoms with E-state index in [1.54, 1.807) is 11.3 Å². The Morgan fingerprint density at radius 1 is 1.35 bits per heavy atom. The van der Waals surface area contributed by atoms with E-state index in [2.05, 4.69) is 32.3 Å². The maximum absolute atomic E-state index is 12.8. The van der Waals surface area contributed by atoms with Crippen molar-refractivity contribution in [1.29, 1.82) is 0 Å². The van der Waals surface area contributed by atoms with Crippen LogP contribution in [0.25, 0.3) is 21.0 Å². The lowest BCUT2D eigenvalue weighted by Gasteiger charge is -2.29. The summed E-state index contributed by atoms with van der Waals surface area (Å²) in [4.78, 5) is 17.7. The minimum atomic E-state index is -0.215. The highest BCUT2D eigenvalue weighted by atomic mass is 79.9. The number of halogens is 1. The van der Waals surface area contributed by atoms with E-state index in [1.807, 2.05) is 30.3 Å². The molecule has 2 bridgehead atoms. The summed E-state index contributed by atoms with van der Waals surface area (Å²) in [5.41, 5.74) is 0.769. The van der Waals surface area contributed by atoms with Crippen molar-refractivity contribution in [2.75, 3.05) is 0 Å². The van der Waals surface area contributed by atoms with Crippen LogP contribution in [0.15, 0.2) is 40.8 Å². The van der Waals surface area contributed by atoms with E-state index in [4.69, 9.17) is 4.42 Å². The Hall–Kier alpha value is -1.66. The molecule has 2 aromatic heterocycles. The molecule has 134 valence electrons. The second kappa shape index (κ2) is 6.20. The quantitative estimate of drug-likeness (QED) is 0.583. The van der Waals surface area contributed by atoms with Crippen LogP contribution < -0.4 is 5.32 Å². The van der Waals surface area contributed by atoms with Crippen LogP contribution in [0, 0.1) is 11.3 Å². The number of para-hydroxylation sites is 1. The Bertz CT molecular complexity index is 948. The lowest BCUT2D eigenvalue weighted by Crippen LogP contribution is -2.43. The number of rotatable bonds is 4. The van der Waals surface area contributed by atoms with Crippen molar-refractivity contribution < 1.29 is 9.21 Å². The van der Waals surface area contributed by atoms with Gasteiger partial charge in [-0.3, -0.25) is 4.79 Å². The number of benzene rings is 1. The third-order valence-corrected chi connectivity index (χ3v) is 8.13. The second-order valence-electron chi connectivity index (χ2n) is 7.40. The Morgan fingerprint density at radius 3 is 3.00 bits per heavy atom. The number of aromatic nitrogens is 1. The van der Waals surface area contributed by atoms with E-state index in [0.717, 1.165) is 46.0 Å². The van der Waals surface area contributed by atoms with Gasteiger partial charge in [0, 0.05) is 4.83 Å². The fourth-order valence-corrected chi connectivity index (χ4v) is 6.52. The van der Waals surface area contributed by atoms with Gasteiger partial charge in [-0.25, -0.2) is 4.98 Å². The molecule has 0 radical (unpaired) electrons. The van der Waals surface area contributed by atoms with Crippen molar-refractivity contribution in [3.8, 4) is 10.8 Å². The van der Waals surface area contributed by atoms with Gasteiger partial charge in [0.05, 0.1) is 22.2 Å². The van der Waals surface area contributed by atoms with Crippen LogP contribution in [0.3, 0.4) is 0 Å². The van der Waals surface area contributed by atoms with Crippen molar-refractivity contribution >= 4 is 43.4 Å². The summed E-state index contributed by atoms with van der Waals surface area (Å²) in [6, 6.07) is 11.9. The molecule has 2 aliphatic carbocycles. The van der Waals surface area contributed by atoms with E-state index < -0.39 is 0 Å². The monoisotopic (exact) mass is 430 g/mol. The molecule has 1 amide bonds. The first-order valence-corrected chi connectivity index (χ1v) is 10.7. The lowest BCUT2D eigenvalue weighted by atomic mass is 9.83. The number of thiazole rings is 1. The molecule has 0 unspecified atom stereocenters. The predicted molar refractivity (Wildman–Crippen MR) is 106 cm³/mol. The van der Waals surface area contributed by atoms with Crippen molar-refractivity contribution in [1.82, 2.24) is 10.3 Å². The molecule has 5 rings (SSSR count). The van der Waals surface area contributed by atoms with Crippen LogP contribution in [0.4, 0.5) is 0 Å². The van der Waals surface area contributed by atoms with Gasteiger partial charge < -0.3 is 9.73 Å². The smallest absolute Gasteiger partial charge is 0.227 e. The van der Waals surface area contributed by atoms with Gasteiger partial charge >= 0.3 is 0 Å². The average molecular weight is 431 g/mol. The molecule has 1 N–H and O–H groups in total. The summed E-state index contributed by atoms with van der Waals surface area (Å²) in [7, 11) is 0. The Balaban J connectivity index is 1.29. The van der Waals surface area contributed by atoms with E-state index in [0.29, 0.717) is 17.3 Å². The lowest BCUT2D eigenvalue weighted by molar-refractivity contribution is -0.130. The summed E-state index contributed by atoms with van der Waals surface area (Å²) in [6.07, 6.45) is 4.31. The van der Waals surface area contributed by atoms with E-state index >= 15 is 0 Å². The molecule has 26 heavy (non-hydrogen) atoms. The predicted octanol–water partition coefficient (Wildman–Crippen LogP) is 5.13. The van der Waals surface area contributed by atoms with Crippen molar-refractivity contribution in [3.05, 3.63) is 42.2 Å². The topological polar surface area (TPSA) is 55.1 Å². The highest BCUT2D eigenvalue weighted by Gasteiger charge is 2.55. The number of nitrogens with zero attached hydrogens (tertiary/aromatic N) is 1. The molecular weight excluding hydrogens is 412 g/mol. The molecule has 6 heteroatoms. The van der Waals surface area contributed by atoms with E-state index in [-0.39, 0.29) is 11.3 Å². The standard InChI is InChI=1S/C20H19BrN2O2S/c21-17-9-12-7-8-20(17,10-12)19(24)22-11-13-5-6-15(25-13)18-23-14-3-1-2-4-16(14)26-18/h1-6,12,17H,7-11H2,(H,22,24)/t12-,17+,20-/m1/s1. The van der Waals surface area contributed by atoms with Crippen molar-refractivity contribution in [2.24, 2.45) is 11.3 Å². The normalized spacial score (nSPS) is 27.3. The van der Waals surface area contributed by atoms with Gasteiger partial charge in [-0.05, 0) is 55.9 Å². The molecule has 4 nitrogen and oxygen atoms in total. The molecule has 2 heterocycles. The number of hydrogen-bond acceptors (Lipinski definition) is 4. The van der Waals surface area contributed by atoms with Crippen LogP contribution >= 0.6 is 27.3 Å². The van der Waals surface area contributed by atoms with Crippen LogP contribution in [0.1, 0.15) is 31.4 Å². The molecule has 2 fully saturated rings. The second-order valence-corrected chi connectivity index (χ2v) is 9.54. The first-order chi connectivity index (χ1) is 12.6. The van der Waals surface area contributed by atoms with Gasteiger partial charge in [0.2, 0.25) is 5.91 Å². The summed E-state index contributed by atoms with van der Waals surface area (Å²) < 4.78 is 7.08. The summed E-state index contributed by atoms with van der Waals surface area (Å²) >= 11 is 5.36. The zero-order chi connectivity index (χ0) is 17.7. The summed E-state index contributed by atoms with van der Waals surface area (Å²) in [5, 5.41) is 3.97. The highest BCUT2D eigenvalue weighted by molar-refractivity contribution is 9.09. The summed E-state index contributed by atoms with van der Waals surface area (Å²) in [6.45, 7) is 0.426. The SMILES string of the molecule is O=C(NCc1ccc(-c2nc3ccccc3s2)o1)[C@@]12CC[C@H](C[C@@H]1Br)C2.